The monoisotopic (exact) mass is 414 g/mol. The fraction of sp³-hybridized carbons (Fsp3) is 0.364. The van der Waals surface area contributed by atoms with Crippen LogP contribution in [0.4, 0.5) is 9.52 Å². The average molecular weight is 415 g/mol. The maximum absolute atomic E-state index is 13.6. The van der Waals surface area contributed by atoms with E-state index in [1.54, 1.807) is 11.0 Å². The number of hydrogen-bond acceptors (Lipinski definition) is 5. The Morgan fingerprint density at radius 1 is 1.31 bits per heavy atom. The number of aromatic nitrogens is 1. The van der Waals surface area contributed by atoms with Gasteiger partial charge in [-0.1, -0.05) is 23.5 Å². The van der Waals surface area contributed by atoms with Crippen LogP contribution < -0.4 is 9.64 Å². The van der Waals surface area contributed by atoms with Crippen molar-refractivity contribution in [2.75, 3.05) is 24.7 Å². The molecule has 0 radical (unpaired) electrons. The number of thiazole rings is 1. The lowest BCUT2D eigenvalue weighted by atomic mass is 10.1. The van der Waals surface area contributed by atoms with E-state index in [0.717, 1.165) is 35.5 Å². The molecule has 1 unspecified atom stereocenters. The first-order valence-corrected chi connectivity index (χ1v) is 10.6. The third-order valence-corrected chi connectivity index (χ3v) is 5.91. The van der Waals surface area contributed by atoms with Crippen LogP contribution in [0.2, 0.25) is 0 Å². The molecule has 0 N–H and O–H groups in total. The van der Waals surface area contributed by atoms with E-state index in [1.807, 2.05) is 31.2 Å². The van der Waals surface area contributed by atoms with Gasteiger partial charge < -0.3 is 9.47 Å². The Kier molecular flexibility index (Phi) is 6.06. The highest BCUT2D eigenvalue weighted by Gasteiger charge is 2.26. The summed E-state index contributed by atoms with van der Waals surface area (Å²) in [6.07, 6.45) is 2.18. The van der Waals surface area contributed by atoms with Crippen LogP contribution in [0.3, 0.4) is 0 Å². The van der Waals surface area contributed by atoms with Crippen molar-refractivity contribution in [2.24, 2.45) is 0 Å². The lowest BCUT2D eigenvalue weighted by molar-refractivity contribution is -0.118. The summed E-state index contributed by atoms with van der Waals surface area (Å²) in [4.78, 5) is 19.5. The van der Waals surface area contributed by atoms with E-state index >= 15 is 0 Å². The van der Waals surface area contributed by atoms with Crippen LogP contribution in [0.15, 0.2) is 42.5 Å². The molecule has 5 nitrogen and oxygen atoms in total. The highest BCUT2D eigenvalue weighted by molar-refractivity contribution is 7.22. The quantitative estimate of drug-likeness (QED) is 0.568. The van der Waals surface area contributed by atoms with E-state index < -0.39 is 0 Å². The van der Waals surface area contributed by atoms with Gasteiger partial charge in [-0.15, -0.1) is 0 Å². The number of benzene rings is 2. The third-order valence-electron chi connectivity index (χ3n) is 4.87. The molecule has 3 aromatic rings. The van der Waals surface area contributed by atoms with Gasteiger partial charge in [-0.3, -0.25) is 9.69 Å². The average Bonchev–Trinajstić information content (AvgIpc) is 3.36. The van der Waals surface area contributed by atoms with Gasteiger partial charge in [-0.05, 0) is 55.7 Å². The summed E-state index contributed by atoms with van der Waals surface area (Å²) in [6, 6.07) is 12.0. The molecule has 0 spiro atoms. The summed E-state index contributed by atoms with van der Waals surface area (Å²) in [5, 5.41) is 0.581. The second kappa shape index (κ2) is 8.88. The number of halogens is 1. The summed E-state index contributed by atoms with van der Waals surface area (Å²) in [7, 11) is 0. The van der Waals surface area contributed by atoms with Crippen molar-refractivity contribution in [1.29, 1.82) is 0 Å². The zero-order valence-electron chi connectivity index (χ0n) is 16.3. The van der Waals surface area contributed by atoms with E-state index in [9.17, 15) is 9.18 Å². The first kappa shape index (κ1) is 19.8. The van der Waals surface area contributed by atoms with Gasteiger partial charge >= 0.3 is 0 Å². The number of hydrogen-bond donors (Lipinski definition) is 0. The summed E-state index contributed by atoms with van der Waals surface area (Å²) < 4.78 is 25.5. The van der Waals surface area contributed by atoms with Crippen LogP contribution >= 0.6 is 11.3 Å². The SMILES string of the molecule is CCOc1ccc(CC(=O)N(CC2CCCO2)c2nc3ccc(F)cc3s2)cc1. The van der Waals surface area contributed by atoms with Crippen LogP contribution in [-0.2, 0) is 16.0 Å². The zero-order valence-corrected chi connectivity index (χ0v) is 17.1. The van der Waals surface area contributed by atoms with Crippen LogP contribution in [0.1, 0.15) is 25.3 Å². The first-order chi connectivity index (χ1) is 14.1. The Bertz CT molecular complexity index is 983. The Balaban J connectivity index is 1.57. The molecule has 2 heterocycles. The number of amides is 1. The number of ether oxygens (including phenoxy) is 2. The number of carbonyl (C=O) groups is 1. The molecule has 0 bridgehead atoms. The summed E-state index contributed by atoms with van der Waals surface area (Å²) in [5.74, 6) is 0.427. The van der Waals surface area contributed by atoms with Crippen LogP contribution in [0.5, 0.6) is 5.75 Å². The van der Waals surface area contributed by atoms with Crippen LogP contribution in [-0.4, -0.2) is 36.8 Å². The van der Waals surface area contributed by atoms with Crippen LogP contribution in [0.25, 0.3) is 10.2 Å². The van der Waals surface area contributed by atoms with Crippen molar-refractivity contribution in [2.45, 2.75) is 32.3 Å². The minimum absolute atomic E-state index is 0.00280. The van der Waals surface area contributed by atoms with E-state index in [-0.39, 0.29) is 24.2 Å². The molecule has 0 aliphatic carbocycles. The molecule has 1 aliphatic rings. The van der Waals surface area contributed by atoms with Gasteiger partial charge in [-0.2, -0.15) is 0 Å². The fourth-order valence-corrected chi connectivity index (χ4v) is 4.44. The van der Waals surface area contributed by atoms with Gasteiger partial charge in [0.2, 0.25) is 5.91 Å². The molecular weight excluding hydrogens is 391 g/mol. The highest BCUT2D eigenvalue weighted by Crippen LogP contribution is 2.31. The Morgan fingerprint density at radius 3 is 2.86 bits per heavy atom. The topological polar surface area (TPSA) is 51.7 Å². The van der Waals surface area contributed by atoms with Crippen molar-refractivity contribution in [3.05, 3.63) is 53.8 Å². The van der Waals surface area contributed by atoms with E-state index in [2.05, 4.69) is 4.98 Å². The number of fused-ring (bicyclic) bond motifs is 1. The molecular formula is C22H23FN2O3S. The van der Waals surface area contributed by atoms with Gasteiger partial charge in [0.05, 0.1) is 35.9 Å². The molecule has 4 rings (SSSR count). The Labute approximate surface area is 173 Å². The molecule has 29 heavy (non-hydrogen) atoms. The number of anilines is 1. The lowest BCUT2D eigenvalue weighted by Crippen LogP contribution is -2.38. The van der Waals surface area contributed by atoms with Gasteiger partial charge in [-0.25, -0.2) is 9.37 Å². The fourth-order valence-electron chi connectivity index (χ4n) is 3.42. The van der Waals surface area contributed by atoms with Gasteiger partial charge in [0.1, 0.15) is 11.6 Å². The van der Waals surface area contributed by atoms with E-state index in [1.165, 1.54) is 23.5 Å². The summed E-state index contributed by atoms with van der Waals surface area (Å²) >= 11 is 1.33. The van der Waals surface area contributed by atoms with Crippen molar-refractivity contribution in [3.63, 3.8) is 0 Å². The lowest BCUT2D eigenvalue weighted by Gasteiger charge is -2.23. The smallest absolute Gasteiger partial charge is 0.233 e. The molecule has 1 saturated heterocycles. The maximum Gasteiger partial charge on any atom is 0.233 e. The largest absolute Gasteiger partial charge is 0.494 e. The summed E-state index contributed by atoms with van der Waals surface area (Å²) in [5.41, 5.74) is 1.60. The van der Waals surface area contributed by atoms with Crippen molar-refractivity contribution in [3.8, 4) is 5.75 Å². The number of rotatable bonds is 7. The van der Waals surface area contributed by atoms with E-state index in [4.69, 9.17) is 9.47 Å². The van der Waals surface area contributed by atoms with Crippen LogP contribution in [0, 0.1) is 5.82 Å². The number of nitrogens with zero attached hydrogens (tertiary/aromatic N) is 2. The minimum atomic E-state index is -0.306. The highest BCUT2D eigenvalue weighted by atomic mass is 32.1. The van der Waals surface area contributed by atoms with Crippen molar-refractivity contribution in [1.82, 2.24) is 4.98 Å². The Hall–Kier alpha value is -2.51. The zero-order chi connectivity index (χ0) is 20.2. The molecule has 1 aromatic heterocycles. The standard InChI is InChI=1S/C22H23FN2O3S/c1-2-27-17-8-5-15(6-9-17)12-21(26)25(14-18-4-3-11-28-18)22-24-19-10-7-16(23)13-20(19)29-22/h5-10,13,18H,2-4,11-12,14H2,1H3. The van der Waals surface area contributed by atoms with E-state index in [0.29, 0.717) is 23.8 Å². The second-order valence-electron chi connectivity index (χ2n) is 7.00. The molecule has 7 heteroatoms. The third kappa shape index (κ3) is 4.74. The molecule has 1 aliphatic heterocycles. The number of carbonyl (C=O) groups excluding carboxylic acids is 1. The predicted octanol–water partition coefficient (Wildman–Crippen LogP) is 4.59. The predicted molar refractivity (Wildman–Crippen MR) is 112 cm³/mol. The molecule has 2 aromatic carbocycles. The Morgan fingerprint density at radius 2 is 2.14 bits per heavy atom. The van der Waals surface area contributed by atoms with Crippen molar-refractivity contribution >= 4 is 32.6 Å². The minimum Gasteiger partial charge on any atom is -0.494 e. The summed E-state index contributed by atoms with van der Waals surface area (Å²) in [6.45, 7) is 3.71. The first-order valence-electron chi connectivity index (χ1n) is 9.82. The molecule has 1 atom stereocenters. The molecule has 0 saturated carbocycles. The van der Waals surface area contributed by atoms with Crippen molar-refractivity contribution < 1.29 is 18.7 Å². The van der Waals surface area contributed by atoms with Gasteiger partial charge in [0.25, 0.3) is 0 Å². The molecule has 1 fully saturated rings. The molecule has 152 valence electrons. The second-order valence-corrected chi connectivity index (χ2v) is 8.01. The normalized spacial score (nSPS) is 16.3. The van der Waals surface area contributed by atoms with Gasteiger partial charge in [0, 0.05) is 6.61 Å². The van der Waals surface area contributed by atoms with Gasteiger partial charge in [0.15, 0.2) is 5.13 Å². The molecule has 1 amide bonds. The maximum atomic E-state index is 13.6.